The summed E-state index contributed by atoms with van der Waals surface area (Å²) in [5.74, 6) is 0.156. The molecule has 2 atom stereocenters. The third kappa shape index (κ3) is 6.18. The highest BCUT2D eigenvalue weighted by Crippen LogP contribution is 2.33. The number of fused-ring (bicyclic) bond motifs is 1. The van der Waals surface area contributed by atoms with Crippen molar-refractivity contribution in [3.8, 4) is 21.8 Å². The highest BCUT2D eigenvalue weighted by molar-refractivity contribution is 7.91. The molecule has 0 aliphatic carbocycles. The number of carbonyl (C=O) groups excluding carboxylic acids is 2. The Labute approximate surface area is 267 Å². The fraction of sp³-hybridized carbons (Fsp3) is 0.452. The van der Waals surface area contributed by atoms with Crippen molar-refractivity contribution in [2.24, 2.45) is 0 Å². The van der Waals surface area contributed by atoms with Crippen LogP contribution in [0.25, 0.3) is 27.5 Å². The Bertz CT molecular complexity index is 1810. The number of aromatic nitrogens is 4. The van der Waals surface area contributed by atoms with Gasteiger partial charge in [-0.3, -0.25) is 14.5 Å². The lowest BCUT2D eigenvalue weighted by Crippen LogP contribution is -2.64. The van der Waals surface area contributed by atoms with E-state index < -0.39 is 21.1 Å². The summed E-state index contributed by atoms with van der Waals surface area (Å²) in [6, 6.07) is 9.07. The third-order valence-corrected chi connectivity index (χ3v) is 11.3. The van der Waals surface area contributed by atoms with E-state index in [2.05, 4.69) is 36.1 Å². The van der Waals surface area contributed by atoms with Gasteiger partial charge in [-0.25, -0.2) is 22.9 Å². The number of rotatable bonds is 11. The number of hydrogen-bond acceptors (Lipinski definition) is 10. The number of hydrogen-bond donors (Lipinski definition) is 1. The van der Waals surface area contributed by atoms with Crippen LogP contribution in [0.4, 0.5) is 5.82 Å². The van der Waals surface area contributed by atoms with Crippen LogP contribution in [0.2, 0.25) is 0 Å². The van der Waals surface area contributed by atoms with E-state index in [0.29, 0.717) is 47.8 Å². The van der Waals surface area contributed by atoms with E-state index in [9.17, 15) is 18.0 Å². The van der Waals surface area contributed by atoms with Crippen molar-refractivity contribution in [1.29, 1.82) is 0 Å². The van der Waals surface area contributed by atoms with Crippen LogP contribution in [0.5, 0.6) is 0 Å². The largest absolute Gasteiger partial charge is 0.350 e. The van der Waals surface area contributed by atoms with Gasteiger partial charge in [0.05, 0.1) is 33.3 Å². The summed E-state index contributed by atoms with van der Waals surface area (Å²) in [4.78, 5) is 43.6. The lowest BCUT2D eigenvalue weighted by Gasteiger charge is -2.47. The van der Waals surface area contributed by atoms with Crippen molar-refractivity contribution in [2.75, 3.05) is 50.4 Å². The standard InChI is InChI=1S/C31H38N8O4S2/c1-5-36(6-2)20(3)16-32-30(40)21-14-25(23-17-33-39-12-9-24(35-29(23)39)27-8-7-13-44-27)34-28(15-21)38-11-10-26(38)31(41)37-18-22(19-37)45(4,42)43/h7-9,12-15,17,20,22,26H,5-6,10-11,16,18-19H2,1-4H3,(H,32,40)/t20-,26-/m0/s1. The number of sulfone groups is 1. The van der Waals surface area contributed by atoms with Crippen LogP contribution < -0.4 is 10.2 Å². The van der Waals surface area contributed by atoms with E-state index in [1.807, 2.05) is 34.7 Å². The van der Waals surface area contributed by atoms with Gasteiger partial charge in [-0.2, -0.15) is 5.10 Å². The Kier molecular flexibility index (Phi) is 8.63. The molecule has 2 aliphatic heterocycles. The molecule has 4 aromatic heterocycles. The molecule has 45 heavy (non-hydrogen) atoms. The molecule has 1 N–H and O–H groups in total. The Balaban J connectivity index is 1.33. The summed E-state index contributed by atoms with van der Waals surface area (Å²) < 4.78 is 25.5. The molecule has 12 nitrogen and oxygen atoms in total. The molecule has 2 amide bonds. The molecule has 2 fully saturated rings. The molecule has 0 aromatic carbocycles. The van der Waals surface area contributed by atoms with Crippen LogP contribution in [-0.2, 0) is 14.6 Å². The average Bonchev–Trinajstić information content (AvgIpc) is 3.64. The Morgan fingerprint density at radius 3 is 2.56 bits per heavy atom. The zero-order valence-corrected chi connectivity index (χ0v) is 27.5. The van der Waals surface area contributed by atoms with E-state index in [1.54, 1.807) is 39.1 Å². The minimum Gasteiger partial charge on any atom is -0.350 e. The second-order valence-corrected chi connectivity index (χ2v) is 15.0. The number of amides is 2. The van der Waals surface area contributed by atoms with Gasteiger partial charge in [-0.15, -0.1) is 11.3 Å². The maximum Gasteiger partial charge on any atom is 0.251 e. The van der Waals surface area contributed by atoms with Crippen LogP contribution in [0.15, 0.2) is 48.1 Å². The Morgan fingerprint density at radius 1 is 1.13 bits per heavy atom. The molecule has 0 radical (unpaired) electrons. The van der Waals surface area contributed by atoms with Crippen molar-refractivity contribution < 1.29 is 18.0 Å². The summed E-state index contributed by atoms with van der Waals surface area (Å²) in [7, 11) is -3.20. The first-order chi connectivity index (χ1) is 21.6. The van der Waals surface area contributed by atoms with Gasteiger partial charge in [0.1, 0.15) is 11.9 Å². The van der Waals surface area contributed by atoms with Gasteiger partial charge in [0.15, 0.2) is 15.5 Å². The van der Waals surface area contributed by atoms with Crippen LogP contribution >= 0.6 is 11.3 Å². The minimum absolute atomic E-state index is 0.120. The van der Waals surface area contributed by atoms with Gasteiger partial charge in [0.25, 0.3) is 5.91 Å². The smallest absolute Gasteiger partial charge is 0.251 e. The van der Waals surface area contributed by atoms with E-state index in [0.717, 1.165) is 23.7 Å². The topological polar surface area (TPSA) is 133 Å². The number of thiophene rings is 1. The number of likely N-dealkylation sites (tertiary alicyclic amines) is 1. The first-order valence-corrected chi connectivity index (χ1v) is 18.1. The fourth-order valence-corrected chi connectivity index (χ4v) is 7.48. The molecule has 2 aliphatic rings. The number of anilines is 1. The molecule has 238 valence electrons. The summed E-state index contributed by atoms with van der Waals surface area (Å²) in [5.41, 5.74) is 3.04. The maximum absolute atomic E-state index is 13.6. The lowest BCUT2D eigenvalue weighted by atomic mass is 9.99. The van der Waals surface area contributed by atoms with Crippen LogP contribution in [-0.4, -0.2) is 112 Å². The average molecular weight is 651 g/mol. The first-order valence-electron chi connectivity index (χ1n) is 15.2. The van der Waals surface area contributed by atoms with Gasteiger partial charge in [0, 0.05) is 50.2 Å². The number of nitrogens with one attached hydrogen (secondary N) is 1. The van der Waals surface area contributed by atoms with E-state index in [4.69, 9.17) is 9.97 Å². The fourth-order valence-electron chi connectivity index (χ4n) is 5.88. The Morgan fingerprint density at radius 2 is 1.91 bits per heavy atom. The maximum atomic E-state index is 13.6. The molecule has 4 aromatic rings. The molecule has 0 bridgehead atoms. The number of carbonyl (C=O) groups is 2. The molecular weight excluding hydrogens is 613 g/mol. The monoisotopic (exact) mass is 650 g/mol. The second-order valence-electron chi connectivity index (χ2n) is 11.7. The first kappa shape index (κ1) is 31.1. The highest BCUT2D eigenvalue weighted by atomic mass is 32.2. The zero-order valence-electron chi connectivity index (χ0n) is 25.9. The summed E-state index contributed by atoms with van der Waals surface area (Å²) in [5, 5.41) is 9.06. The van der Waals surface area contributed by atoms with Crippen molar-refractivity contribution >= 4 is 44.5 Å². The molecule has 0 unspecified atom stereocenters. The molecule has 14 heteroatoms. The number of nitrogens with zero attached hydrogens (tertiary/aromatic N) is 7. The van der Waals surface area contributed by atoms with Gasteiger partial charge >= 0.3 is 0 Å². The van der Waals surface area contributed by atoms with Gasteiger partial charge in [-0.1, -0.05) is 19.9 Å². The SMILES string of the molecule is CCN(CC)[C@@H](C)CNC(=O)c1cc(-c2cnn3ccc(-c4cccs4)nc23)nc(N2CC[C@H]2C(=O)N2CC(S(C)(=O)=O)C2)c1. The minimum atomic E-state index is -3.20. The lowest BCUT2D eigenvalue weighted by molar-refractivity contribution is -0.137. The normalized spacial score (nSPS) is 17.8. The van der Waals surface area contributed by atoms with Crippen molar-refractivity contribution in [1.82, 2.24) is 34.7 Å². The number of likely N-dealkylation sites (N-methyl/N-ethyl adjacent to an activating group) is 1. The molecule has 0 saturated carbocycles. The Hall–Kier alpha value is -3.88. The number of pyridine rings is 1. The predicted octanol–water partition coefficient (Wildman–Crippen LogP) is 2.81. The molecule has 2 saturated heterocycles. The molecule has 0 spiro atoms. The van der Waals surface area contributed by atoms with Gasteiger partial charge < -0.3 is 15.1 Å². The van der Waals surface area contributed by atoms with E-state index >= 15 is 0 Å². The van der Waals surface area contributed by atoms with Crippen LogP contribution in [0.3, 0.4) is 0 Å². The predicted molar refractivity (Wildman–Crippen MR) is 175 cm³/mol. The van der Waals surface area contributed by atoms with Crippen LogP contribution in [0.1, 0.15) is 37.6 Å². The summed E-state index contributed by atoms with van der Waals surface area (Å²) in [6.07, 6.45) is 5.38. The zero-order chi connectivity index (χ0) is 31.9. The van der Waals surface area contributed by atoms with E-state index in [1.165, 1.54) is 6.26 Å². The van der Waals surface area contributed by atoms with Gasteiger partial charge in [-0.05, 0) is 56.1 Å². The third-order valence-electron chi connectivity index (χ3n) is 8.85. The van der Waals surface area contributed by atoms with Crippen molar-refractivity contribution in [2.45, 2.75) is 44.5 Å². The second kappa shape index (κ2) is 12.5. The van der Waals surface area contributed by atoms with Crippen molar-refractivity contribution in [3.05, 3.63) is 53.7 Å². The molecule has 6 rings (SSSR count). The molecule has 6 heterocycles. The highest BCUT2D eigenvalue weighted by Gasteiger charge is 2.44. The van der Waals surface area contributed by atoms with E-state index in [-0.39, 0.29) is 30.9 Å². The van der Waals surface area contributed by atoms with Gasteiger partial charge in [0.2, 0.25) is 5.91 Å². The van der Waals surface area contributed by atoms with Crippen molar-refractivity contribution in [3.63, 3.8) is 0 Å². The molecular formula is C31H38N8O4S2. The summed E-state index contributed by atoms with van der Waals surface area (Å²) in [6.45, 7) is 9.55. The quantitative estimate of drug-likeness (QED) is 0.260. The summed E-state index contributed by atoms with van der Waals surface area (Å²) >= 11 is 1.60. The van der Waals surface area contributed by atoms with Crippen LogP contribution in [0, 0.1) is 0 Å².